The van der Waals surface area contributed by atoms with Crippen molar-refractivity contribution < 1.29 is 58.6 Å². The van der Waals surface area contributed by atoms with Crippen LogP contribution in [0.1, 0.15) is 68.2 Å². The molecule has 0 radical (unpaired) electrons. The number of aliphatic hydroxyl groups excluding tert-OH is 3. The zero-order valence-corrected chi connectivity index (χ0v) is 24.3. The van der Waals surface area contributed by atoms with E-state index in [0.717, 1.165) is 6.92 Å². The fourth-order valence-corrected chi connectivity index (χ4v) is 7.75. The topological polar surface area (TPSA) is 186 Å². The number of esters is 4. The lowest BCUT2D eigenvalue weighted by Crippen LogP contribution is -2.66. The zero-order valence-electron chi connectivity index (χ0n) is 24.3. The average molecular weight is 571 g/mol. The Morgan fingerprint density at radius 3 is 1.90 bits per heavy atom. The van der Waals surface area contributed by atoms with Gasteiger partial charge in [0, 0.05) is 59.0 Å². The molecule has 0 bridgehead atoms. The first kappa shape index (κ1) is 32.0. The van der Waals surface area contributed by atoms with E-state index >= 15 is 0 Å². The summed E-state index contributed by atoms with van der Waals surface area (Å²) in [6.07, 6.45) is -8.08. The smallest absolute Gasteiger partial charge is 0.303 e. The van der Waals surface area contributed by atoms with Crippen molar-refractivity contribution in [1.29, 1.82) is 0 Å². The minimum atomic E-state index is -1.77. The molecule has 0 amide bonds. The predicted molar refractivity (Wildman–Crippen MR) is 137 cm³/mol. The van der Waals surface area contributed by atoms with Crippen molar-refractivity contribution >= 4 is 23.9 Å². The van der Waals surface area contributed by atoms with Gasteiger partial charge in [0.1, 0.15) is 30.5 Å². The van der Waals surface area contributed by atoms with E-state index in [1.54, 1.807) is 13.8 Å². The molecule has 3 aliphatic carbocycles. The lowest BCUT2D eigenvalue weighted by molar-refractivity contribution is -0.242. The van der Waals surface area contributed by atoms with E-state index in [4.69, 9.17) is 18.9 Å². The summed E-state index contributed by atoms with van der Waals surface area (Å²) in [5.74, 6) is -4.93. The van der Waals surface area contributed by atoms with Crippen LogP contribution in [0, 0.1) is 22.7 Å². The number of hydrogen-bond donors (Lipinski definition) is 4. The number of fused-ring (bicyclic) bond motifs is 2. The third kappa shape index (κ3) is 5.03. The molecule has 40 heavy (non-hydrogen) atoms. The number of hydrogen-bond acceptors (Lipinski definition) is 12. The van der Waals surface area contributed by atoms with Gasteiger partial charge in [-0.05, 0) is 31.9 Å². The first-order chi connectivity index (χ1) is 18.3. The summed E-state index contributed by atoms with van der Waals surface area (Å²) in [4.78, 5) is 48.8. The van der Waals surface area contributed by atoms with Gasteiger partial charge >= 0.3 is 23.9 Å². The summed E-state index contributed by atoms with van der Waals surface area (Å²) >= 11 is 0. The highest BCUT2D eigenvalue weighted by atomic mass is 16.6. The zero-order chi connectivity index (χ0) is 30.5. The standard InChI is InChI=1S/C28H42O12/c1-12-19(38-14(3)31)10-28(26(6,7)36)21(12)23(34)25(40-16(5)33)27(8)20(39-15(4)32)9-18(37-13(2)30)17(11-29)22(27)24(28)35/h17-20,22-25,29,34-36H,9-11H2,1-8H3/t17-,18+,19+,20+,22+,23-,24+,25+,27-,28+/m1/s1. The molecule has 3 aliphatic rings. The quantitative estimate of drug-likeness (QED) is 0.198. The van der Waals surface area contributed by atoms with Crippen molar-refractivity contribution in [3.8, 4) is 0 Å². The summed E-state index contributed by atoms with van der Waals surface area (Å²) in [6, 6.07) is 0. The molecule has 2 saturated carbocycles. The van der Waals surface area contributed by atoms with Gasteiger partial charge in [-0.1, -0.05) is 6.92 Å². The molecule has 0 aromatic heterocycles. The largest absolute Gasteiger partial charge is 0.462 e. The normalized spacial score (nSPS) is 39.4. The summed E-state index contributed by atoms with van der Waals surface area (Å²) in [5.41, 5.74) is -4.51. The highest BCUT2D eigenvalue weighted by Crippen LogP contribution is 2.65. The average Bonchev–Trinajstić information content (AvgIpc) is 3.07. The first-order valence-corrected chi connectivity index (χ1v) is 13.4. The molecule has 0 aromatic carbocycles. The van der Waals surface area contributed by atoms with E-state index in [9.17, 15) is 39.6 Å². The molecular formula is C28H42O12. The fraction of sp³-hybridized carbons (Fsp3) is 0.786. The molecule has 12 heteroatoms. The van der Waals surface area contributed by atoms with Crippen LogP contribution in [-0.2, 0) is 38.1 Å². The van der Waals surface area contributed by atoms with Crippen LogP contribution in [0.3, 0.4) is 0 Å². The number of rotatable bonds is 6. The van der Waals surface area contributed by atoms with Gasteiger partial charge in [0.05, 0.1) is 22.5 Å². The molecule has 2 fully saturated rings. The Morgan fingerprint density at radius 1 is 0.925 bits per heavy atom. The number of ether oxygens (including phenoxy) is 4. The maximum Gasteiger partial charge on any atom is 0.303 e. The maximum atomic E-state index is 12.5. The summed E-state index contributed by atoms with van der Waals surface area (Å²) in [5, 5.41) is 46.9. The van der Waals surface area contributed by atoms with E-state index < -0.39 is 95.4 Å². The molecule has 0 saturated heterocycles. The molecule has 4 N–H and O–H groups in total. The van der Waals surface area contributed by atoms with Crippen LogP contribution in [0.5, 0.6) is 0 Å². The van der Waals surface area contributed by atoms with Crippen LogP contribution in [-0.4, -0.2) is 93.1 Å². The highest BCUT2D eigenvalue weighted by Gasteiger charge is 2.73. The molecule has 10 atom stereocenters. The van der Waals surface area contributed by atoms with Gasteiger partial charge in [-0.2, -0.15) is 0 Å². The molecule has 0 heterocycles. The van der Waals surface area contributed by atoms with E-state index in [0.29, 0.717) is 5.57 Å². The Labute approximate surface area is 233 Å². The monoisotopic (exact) mass is 570 g/mol. The molecular weight excluding hydrogens is 528 g/mol. The Morgan fingerprint density at radius 2 is 1.45 bits per heavy atom. The molecule has 0 aromatic rings. The predicted octanol–water partition coefficient (Wildman–Crippen LogP) is 0.561. The van der Waals surface area contributed by atoms with E-state index in [1.165, 1.54) is 34.6 Å². The number of carbonyl (C=O) groups excluding carboxylic acids is 4. The van der Waals surface area contributed by atoms with Gasteiger partial charge in [0.25, 0.3) is 0 Å². The Hall–Kier alpha value is -2.54. The first-order valence-electron chi connectivity index (χ1n) is 13.4. The summed E-state index contributed by atoms with van der Waals surface area (Å²) < 4.78 is 22.5. The van der Waals surface area contributed by atoms with Gasteiger partial charge < -0.3 is 39.4 Å². The second kappa shape index (κ2) is 11.0. The molecule has 12 nitrogen and oxygen atoms in total. The molecule has 0 spiro atoms. The molecule has 226 valence electrons. The SMILES string of the molecule is CC(=O)O[C@H]1C[C@]2(C(C)(C)O)C(=C1C)[C@@H](O)[C@H](OC(C)=O)[C@@]1(C)[C@@H]([C@H](CO)[C@@H](OC(C)=O)C[C@@H]1OC(C)=O)[C@@H]2O. The minimum absolute atomic E-state index is 0.113. The van der Waals surface area contributed by atoms with Crippen LogP contribution < -0.4 is 0 Å². The maximum absolute atomic E-state index is 12.5. The van der Waals surface area contributed by atoms with Gasteiger partial charge in [0.2, 0.25) is 0 Å². The van der Waals surface area contributed by atoms with Crippen molar-refractivity contribution in [2.24, 2.45) is 22.7 Å². The van der Waals surface area contributed by atoms with Crippen molar-refractivity contribution in [3.63, 3.8) is 0 Å². The third-order valence-electron chi connectivity index (χ3n) is 9.26. The van der Waals surface area contributed by atoms with E-state index in [2.05, 4.69) is 0 Å². The lowest BCUT2D eigenvalue weighted by atomic mass is 9.52. The van der Waals surface area contributed by atoms with E-state index in [1.807, 2.05) is 0 Å². The van der Waals surface area contributed by atoms with Crippen molar-refractivity contribution in [2.75, 3.05) is 6.61 Å². The van der Waals surface area contributed by atoms with Crippen LogP contribution >= 0.6 is 0 Å². The van der Waals surface area contributed by atoms with Crippen LogP contribution in [0.15, 0.2) is 11.1 Å². The van der Waals surface area contributed by atoms with Crippen LogP contribution in [0.2, 0.25) is 0 Å². The summed E-state index contributed by atoms with van der Waals surface area (Å²) in [7, 11) is 0. The van der Waals surface area contributed by atoms with Crippen LogP contribution in [0.4, 0.5) is 0 Å². The molecule has 0 aliphatic heterocycles. The Bertz CT molecular complexity index is 1080. The second-order valence-corrected chi connectivity index (χ2v) is 12.1. The number of carbonyl (C=O) groups is 4. The van der Waals surface area contributed by atoms with Gasteiger partial charge in [-0.15, -0.1) is 0 Å². The van der Waals surface area contributed by atoms with Gasteiger partial charge in [0.15, 0.2) is 0 Å². The molecule has 0 unspecified atom stereocenters. The van der Waals surface area contributed by atoms with Gasteiger partial charge in [-0.3, -0.25) is 19.2 Å². The number of aliphatic hydroxyl groups is 4. The third-order valence-corrected chi connectivity index (χ3v) is 9.26. The van der Waals surface area contributed by atoms with Crippen LogP contribution in [0.25, 0.3) is 0 Å². The fourth-order valence-electron chi connectivity index (χ4n) is 7.75. The van der Waals surface area contributed by atoms with E-state index in [-0.39, 0.29) is 18.4 Å². The Balaban J connectivity index is 2.44. The van der Waals surface area contributed by atoms with Crippen molar-refractivity contribution in [3.05, 3.63) is 11.1 Å². The highest BCUT2D eigenvalue weighted by molar-refractivity contribution is 5.68. The Kier molecular flexibility index (Phi) is 8.82. The second-order valence-electron chi connectivity index (χ2n) is 12.1. The summed E-state index contributed by atoms with van der Waals surface area (Å²) in [6.45, 7) is 10.2. The molecule has 3 rings (SSSR count). The minimum Gasteiger partial charge on any atom is -0.462 e. The lowest BCUT2D eigenvalue weighted by Gasteiger charge is -2.57. The van der Waals surface area contributed by atoms with Crippen molar-refractivity contribution in [1.82, 2.24) is 0 Å². The van der Waals surface area contributed by atoms with Gasteiger partial charge in [-0.25, -0.2) is 0 Å². The van der Waals surface area contributed by atoms with Crippen molar-refractivity contribution in [2.45, 2.75) is 110 Å².